The van der Waals surface area contributed by atoms with Crippen molar-refractivity contribution in [2.45, 2.75) is 44.6 Å². The minimum Gasteiger partial charge on any atom is -0.351 e. The Balaban J connectivity index is 1.66. The van der Waals surface area contributed by atoms with Crippen molar-refractivity contribution in [1.82, 2.24) is 24.9 Å². The molecule has 2 aromatic heterocycles. The summed E-state index contributed by atoms with van der Waals surface area (Å²) in [7, 11) is 0. The van der Waals surface area contributed by atoms with Crippen LogP contribution in [0.1, 0.15) is 29.4 Å². The van der Waals surface area contributed by atoms with Crippen LogP contribution in [0.3, 0.4) is 0 Å². The first-order valence-corrected chi connectivity index (χ1v) is 9.12. The number of aryl methyl sites for hydroxylation is 2. The molecule has 3 aromatic rings. The van der Waals surface area contributed by atoms with Crippen molar-refractivity contribution in [3.63, 3.8) is 0 Å². The van der Waals surface area contributed by atoms with Gasteiger partial charge in [0, 0.05) is 17.9 Å². The number of carbonyl (C=O) groups excluding carboxylic acids is 1. The van der Waals surface area contributed by atoms with Gasteiger partial charge in [-0.05, 0) is 51.0 Å². The van der Waals surface area contributed by atoms with Crippen LogP contribution in [0.25, 0.3) is 5.78 Å². The van der Waals surface area contributed by atoms with Gasteiger partial charge in [0.15, 0.2) is 0 Å². The predicted molar refractivity (Wildman–Crippen MR) is 98.6 cm³/mol. The van der Waals surface area contributed by atoms with Gasteiger partial charge in [0.05, 0.1) is 5.25 Å². The van der Waals surface area contributed by atoms with Gasteiger partial charge in [-0.3, -0.25) is 4.79 Å². The fourth-order valence-electron chi connectivity index (χ4n) is 2.43. The van der Waals surface area contributed by atoms with E-state index in [4.69, 9.17) is 0 Å². The van der Waals surface area contributed by atoms with Crippen LogP contribution in [0, 0.1) is 26.6 Å². The van der Waals surface area contributed by atoms with E-state index in [1.54, 1.807) is 23.6 Å². The predicted octanol–water partition coefficient (Wildman–Crippen LogP) is 2.99. The molecule has 1 N–H and O–H groups in total. The fraction of sp³-hybridized carbons (Fsp3) is 0.333. The minimum atomic E-state index is -0.365. The van der Waals surface area contributed by atoms with Crippen LogP contribution in [-0.2, 0) is 11.3 Å². The van der Waals surface area contributed by atoms with Crippen LogP contribution >= 0.6 is 11.8 Å². The molecule has 0 fully saturated rings. The fourth-order valence-corrected chi connectivity index (χ4v) is 3.20. The summed E-state index contributed by atoms with van der Waals surface area (Å²) >= 11 is 1.28. The number of hydrogen-bond donors (Lipinski definition) is 1. The Bertz CT molecular complexity index is 954. The van der Waals surface area contributed by atoms with Crippen LogP contribution in [0.4, 0.5) is 4.39 Å². The van der Waals surface area contributed by atoms with Gasteiger partial charge in [-0.15, -0.1) is 5.10 Å². The lowest BCUT2D eigenvalue weighted by molar-refractivity contribution is -0.120. The zero-order valence-electron chi connectivity index (χ0n) is 15.1. The first-order chi connectivity index (χ1) is 12.3. The molecule has 0 aliphatic heterocycles. The second kappa shape index (κ2) is 7.41. The van der Waals surface area contributed by atoms with Crippen molar-refractivity contribution in [1.29, 1.82) is 0 Å². The summed E-state index contributed by atoms with van der Waals surface area (Å²) < 4.78 is 14.6. The molecule has 1 unspecified atom stereocenters. The Morgan fingerprint density at radius 1 is 1.23 bits per heavy atom. The van der Waals surface area contributed by atoms with Gasteiger partial charge >= 0.3 is 0 Å². The van der Waals surface area contributed by atoms with Gasteiger partial charge in [-0.1, -0.05) is 23.9 Å². The van der Waals surface area contributed by atoms with Gasteiger partial charge in [-0.25, -0.2) is 13.9 Å². The number of benzene rings is 1. The quantitative estimate of drug-likeness (QED) is 0.696. The van der Waals surface area contributed by atoms with Crippen LogP contribution in [-0.4, -0.2) is 30.7 Å². The summed E-state index contributed by atoms with van der Waals surface area (Å²) in [5.41, 5.74) is 3.82. The summed E-state index contributed by atoms with van der Waals surface area (Å²) in [6.07, 6.45) is 0. The van der Waals surface area contributed by atoms with E-state index in [1.165, 1.54) is 23.9 Å². The lowest BCUT2D eigenvalue weighted by Gasteiger charge is -2.10. The highest BCUT2D eigenvalue weighted by Gasteiger charge is 2.18. The maximum atomic E-state index is 12.9. The Morgan fingerprint density at radius 3 is 2.62 bits per heavy atom. The highest BCUT2D eigenvalue weighted by molar-refractivity contribution is 8.00. The van der Waals surface area contributed by atoms with Crippen molar-refractivity contribution in [2.75, 3.05) is 0 Å². The molecule has 0 aliphatic rings. The smallest absolute Gasteiger partial charge is 0.253 e. The van der Waals surface area contributed by atoms with Crippen molar-refractivity contribution >= 4 is 23.4 Å². The zero-order valence-corrected chi connectivity index (χ0v) is 15.9. The number of carbonyl (C=O) groups is 1. The van der Waals surface area contributed by atoms with E-state index < -0.39 is 0 Å². The molecule has 1 aromatic carbocycles. The molecule has 3 rings (SSSR count). The second-order valence-corrected chi connectivity index (χ2v) is 7.43. The van der Waals surface area contributed by atoms with Gasteiger partial charge in [0.25, 0.3) is 5.78 Å². The molecule has 0 radical (unpaired) electrons. The molecule has 0 spiro atoms. The van der Waals surface area contributed by atoms with E-state index in [0.717, 1.165) is 22.5 Å². The van der Waals surface area contributed by atoms with Crippen LogP contribution < -0.4 is 5.32 Å². The molecule has 0 bridgehead atoms. The Morgan fingerprint density at radius 2 is 1.92 bits per heavy atom. The Labute approximate surface area is 155 Å². The van der Waals surface area contributed by atoms with Crippen molar-refractivity contribution in [3.8, 4) is 0 Å². The average Bonchev–Trinajstić information content (AvgIpc) is 3.01. The van der Waals surface area contributed by atoms with Gasteiger partial charge in [0.1, 0.15) is 5.82 Å². The number of hydrogen-bond acceptors (Lipinski definition) is 5. The number of nitrogens with one attached hydrogen (secondary N) is 1. The molecule has 8 heteroatoms. The van der Waals surface area contributed by atoms with Crippen LogP contribution in [0.15, 0.2) is 29.4 Å². The monoisotopic (exact) mass is 373 g/mol. The Hall–Kier alpha value is -2.48. The van der Waals surface area contributed by atoms with E-state index in [0.29, 0.717) is 17.5 Å². The molecular weight excluding hydrogens is 353 g/mol. The Kier molecular flexibility index (Phi) is 5.22. The maximum absolute atomic E-state index is 12.9. The largest absolute Gasteiger partial charge is 0.351 e. The average molecular weight is 373 g/mol. The molecule has 26 heavy (non-hydrogen) atoms. The number of halogens is 1. The highest BCUT2D eigenvalue weighted by Crippen LogP contribution is 2.21. The molecule has 136 valence electrons. The summed E-state index contributed by atoms with van der Waals surface area (Å²) in [5, 5.41) is 7.43. The van der Waals surface area contributed by atoms with E-state index in [2.05, 4.69) is 20.4 Å². The van der Waals surface area contributed by atoms with E-state index in [1.807, 2.05) is 20.8 Å². The van der Waals surface area contributed by atoms with Gasteiger partial charge < -0.3 is 5.32 Å². The summed E-state index contributed by atoms with van der Waals surface area (Å²) in [4.78, 5) is 21.1. The van der Waals surface area contributed by atoms with E-state index in [-0.39, 0.29) is 17.0 Å². The molecule has 0 saturated heterocycles. The first-order valence-electron chi connectivity index (χ1n) is 8.24. The summed E-state index contributed by atoms with van der Waals surface area (Å²) in [5.74, 6) is 0.110. The van der Waals surface area contributed by atoms with Crippen molar-refractivity contribution < 1.29 is 9.18 Å². The third-order valence-corrected chi connectivity index (χ3v) is 5.22. The molecule has 1 atom stereocenters. The van der Waals surface area contributed by atoms with Gasteiger partial charge in [-0.2, -0.15) is 4.98 Å². The summed E-state index contributed by atoms with van der Waals surface area (Å²) in [6.45, 7) is 8.06. The second-order valence-electron chi connectivity index (χ2n) is 6.12. The molecule has 2 heterocycles. The summed E-state index contributed by atoms with van der Waals surface area (Å²) in [6, 6.07) is 6.05. The number of nitrogens with zero attached hydrogens (tertiary/aromatic N) is 4. The van der Waals surface area contributed by atoms with E-state index >= 15 is 0 Å². The van der Waals surface area contributed by atoms with Crippen LogP contribution in [0.2, 0.25) is 0 Å². The zero-order chi connectivity index (χ0) is 18.8. The molecule has 1 amide bonds. The number of fused-ring (bicyclic) bond motifs is 1. The van der Waals surface area contributed by atoms with Crippen molar-refractivity contribution in [3.05, 3.63) is 52.6 Å². The molecule has 0 aliphatic carbocycles. The third-order valence-electron chi connectivity index (χ3n) is 4.27. The van der Waals surface area contributed by atoms with Crippen molar-refractivity contribution in [2.24, 2.45) is 0 Å². The minimum absolute atomic E-state index is 0.129. The number of aromatic nitrogens is 4. The standard InChI is InChI=1S/C18H20FN5OS/c1-10-11(2)21-17-22-18(23-24(17)12(10)3)26-13(4)16(25)20-9-14-5-7-15(19)8-6-14/h5-8,13H,9H2,1-4H3,(H,20,25). The number of thioether (sulfide) groups is 1. The number of rotatable bonds is 5. The third kappa shape index (κ3) is 3.85. The van der Waals surface area contributed by atoms with Crippen LogP contribution in [0.5, 0.6) is 0 Å². The highest BCUT2D eigenvalue weighted by atomic mass is 32.2. The van der Waals surface area contributed by atoms with Gasteiger partial charge in [0.2, 0.25) is 11.1 Å². The maximum Gasteiger partial charge on any atom is 0.253 e. The lowest BCUT2D eigenvalue weighted by Crippen LogP contribution is -2.30. The topological polar surface area (TPSA) is 72.2 Å². The molecule has 6 nitrogen and oxygen atoms in total. The number of amides is 1. The van der Waals surface area contributed by atoms with E-state index in [9.17, 15) is 9.18 Å². The normalized spacial score (nSPS) is 12.3. The first kappa shape index (κ1) is 18.3. The SMILES string of the molecule is Cc1nc2nc(SC(C)C(=O)NCc3ccc(F)cc3)nn2c(C)c1C. The molecule has 0 saturated carbocycles. The lowest BCUT2D eigenvalue weighted by atomic mass is 10.2. The molecular formula is C18H20FN5OS.